The molecule has 0 saturated carbocycles. The molecule has 2 rings (SSSR count). The first-order chi connectivity index (χ1) is 5.31. The molecule has 11 heavy (non-hydrogen) atoms. The lowest BCUT2D eigenvalue weighted by molar-refractivity contribution is 0.929. The molecule has 0 fully saturated rings. The van der Waals surface area contributed by atoms with Gasteiger partial charge in [0.1, 0.15) is 0 Å². The molecule has 0 aliphatic rings. The van der Waals surface area contributed by atoms with Crippen molar-refractivity contribution in [3.8, 4) is 0 Å². The molecule has 0 bridgehead atoms. The Bertz CT molecular complexity index is 371. The average molecular weight is 152 g/mol. The Hall–Kier alpha value is -1.56. The first kappa shape index (κ1) is 6.17. The molecule has 0 atom stereocenters. The van der Waals surface area contributed by atoms with Gasteiger partial charge in [0, 0.05) is 0 Å². The van der Waals surface area contributed by atoms with Crippen LogP contribution in [0.4, 0.5) is 5.95 Å². The standard InChI is InChI=1S/C5H8N6/c1-3-2-7-5-8-4(9-6)10-11(3)5/h2H,6H2,1H3,(H2,7,8,9,10). The molecule has 0 unspecified atom stereocenters. The fraction of sp³-hybridized carbons (Fsp3) is 0.200. The lowest BCUT2D eigenvalue weighted by Gasteiger charge is -1.89. The number of fused-ring (bicyclic) bond motifs is 1. The molecule has 0 saturated heterocycles. The van der Waals surface area contributed by atoms with Crippen molar-refractivity contribution in [3.05, 3.63) is 11.9 Å². The molecule has 2 heterocycles. The predicted molar refractivity (Wildman–Crippen MR) is 39.9 cm³/mol. The van der Waals surface area contributed by atoms with Crippen LogP contribution in [0.3, 0.4) is 0 Å². The van der Waals surface area contributed by atoms with Gasteiger partial charge in [0.15, 0.2) is 0 Å². The third-order valence-electron chi connectivity index (χ3n) is 1.49. The van der Waals surface area contributed by atoms with Crippen LogP contribution in [0.25, 0.3) is 5.78 Å². The van der Waals surface area contributed by atoms with Gasteiger partial charge < -0.3 is 0 Å². The van der Waals surface area contributed by atoms with Gasteiger partial charge in [0.05, 0.1) is 11.9 Å². The monoisotopic (exact) mass is 152 g/mol. The van der Waals surface area contributed by atoms with Gasteiger partial charge in [-0.15, -0.1) is 0 Å². The topological polar surface area (TPSA) is 84.0 Å². The van der Waals surface area contributed by atoms with Crippen molar-refractivity contribution in [2.75, 3.05) is 5.43 Å². The molecule has 6 nitrogen and oxygen atoms in total. The molecule has 6 heteroatoms. The molecular formula is C5H8N6. The second kappa shape index (κ2) is 1.96. The lowest BCUT2D eigenvalue weighted by atomic mass is 10.6. The number of hydrogen-bond acceptors (Lipinski definition) is 4. The minimum atomic E-state index is 0.510. The van der Waals surface area contributed by atoms with Crippen molar-refractivity contribution < 1.29 is 0 Å². The number of imidazole rings is 1. The van der Waals surface area contributed by atoms with Gasteiger partial charge in [-0.05, 0) is 6.92 Å². The zero-order valence-electron chi connectivity index (χ0n) is 6.00. The largest absolute Gasteiger partial charge is 0.293 e. The summed E-state index contributed by atoms with van der Waals surface area (Å²) < 4.78 is 1.75. The quantitative estimate of drug-likeness (QED) is 0.385. The van der Waals surface area contributed by atoms with Crippen LogP contribution >= 0.6 is 0 Å². The third kappa shape index (κ3) is 0.761. The highest BCUT2D eigenvalue weighted by Gasteiger charge is 2.02. The molecule has 2 aromatic heterocycles. The van der Waals surface area contributed by atoms with Crippen molar-refractivity contribution in [2.45, 2.75) is 6.92 Å². The summed E-state index contributed by atoms with van der Waals surface area (Å²) in [6, 6.07) is 0. The Labute approximate surface area is 62.4 Å². The third-order valence-corrected chi connectivity index (χ3v) is 1.49. The summed E-state index contributed by atoms with van der Waals surface area (Å²) in [7, 11) is 0. The highest BCUT2D eigenvalue weighted by molar-refractivity contribution is 5.37. The summed E-state index contributed by atoms with van der Waals surface area (Å²) in [6.45, 7) is 1.93. The molecule has 0 spiro atoms. The fourth-order valence-electron chi connectivity index (χ4n) is 0.937. The first-order valence-electron chi connectivity index (χ1n) is 3.18. The predicted octanol–water partition coefficient (Wildman–Crippen LogP) is -0.349. The summed E-state index contributed by atoms with van der Waals surface area (Å²) in [4.78, 5) is 8.02. The summed E-state index contributed by atoms with van der Waals surface area (Å²) in [5.41, 5.74) is 3.40. The SMILES string of the molecule is Cc1cnc2nc(NN)[nH]n12. The number of nitrogens with two attached hydrogens (primary N) is 1. The highest BCUT2D eigenvalue weighted by Crippen LogP contribution is 2.04. The van der Waals surface area contributed by atoms with E-state index in [-0.39, 0.29) is 0 Å². The van der Waals surface area contributed by atoms with Crippen molar-refractivity contribution in [1.82, 2.24) is 19.6 Å². The van der Waals surface area contributed by atoms with Gasteiger partial charge in [-0.2, -0.15) is 4.98 Å². The zero-order valence-corrected chi connectivity index (χ0v) is 6.00. The number of rotatable bonds is 1. The van der Waals surface area contributed by atoms with E-state index in [1.807, 2.05) is 6.92 Å². The van der Waals surface area contributed by atoms with E-state index in [1.54, 1.807) is 10.7 Å². The molecule has 0 aliphatic heterocycles. The van der Waals surface area contributed by atoms with E-state index in [2.05, 4.69) is 20.5 Å². The Morgan fingerprint density at radius 3 is 3.18 bits per heavy atom. The van der Waals surface area contributed by atoms with Crippen LogP contribution in [0, 0.1) is 6.92 Å². The second-order valence-corrected chi connectivity index (χ2v) is 2.25. The number of aromatic amines is 1. The number of nitrogens with zero attached hydrogens (tertiary/aromatic N) is 3. The number of H-pyrrole nitrogens is 1. The molecule has 0 aromatic carbocycles. The van der Waals surface area contributed by atoms with Crippen LogP contribution in [-0.4, -0.2) is 19.6 Å². The lowest BCUT2D eigenvalue weighted by Crippen LogP contribution is -2.08. The summed E-state index contributed by atoms with van der Waals surface area (Å²) >= 11 is 0. The molecule has 0 radical (unpaired) electrons. The van der Waals surface area contributed by atoms with Crippen LogP contribution in [0.2, 0.25) is 0 Å². The smallest absolute Gasteiger partial charge is 0.252 e. The van der Waals surface area contributed by atoms with E-state index in [4.69, 9.17) is 5.84 Å². The number of nitrogens with one attached hydrogen (secondary N) is 2. The number of hydrogen-bond donors (Lipinski definition) is 3. The molecule has 0 aliphatic carbocycles. The van der Waals surface area contributed by atoms with Crippen LogP contribution in [0.5, 0.6) is 0 Å². The van der Waals surface area contributed by atoms with E-state index in [0.717, 1.165) is 5.69 Å². The summed E-state index contributed by atoms with van der Waals surface area (Å²) in [6.07, 6.45) is 1.74. The van der Waals surface area contributed by atoms with Crippen molar-refractivity contribution in [3.63, 3.8) is 0 Å². The van der Waals surface area contributed by atoms with Crippen molar-refractivity contribution >= 4 is 11.7 Å². The van der Waals surface area contributed by atoms with Gasteiger partial charge in [0.2, 0.25) is 5.95 Å². The Balaban J connectivity index is 2.70. The second-order valence-electron chi connectivity index (χ2n) is 2.25. The average Bonchev–Trinajstić information content (AvgIpc) is 2.53. The van der Waals surface area contributed by atoms with Crippen LogP contribution in [0.15, 0.2) is 6.20 Å². The normalized spacial score (nSPS) is 10.7. The van der Waals surface area contributed by atoms with E-state index in [9.17, 15) is 0 Å². The maximum absolute atomic E-state index is 5.14. The highest BCUT2D eigenvalue weighted by atomic mass is 15.4. The summed E-state index contributed by atoms with van der Waals surface area (Å²) in [5, 5.41) is 2.90. The molecule has 4 N–H and O–H groups in total. The minimum absolute atomic E-state index is 0.510. The van der Waals surface area contributed by atoms with Crippen LogP contribution < -0.4 is 11.3 Å². The Morgan fingerprint density at radius 1 is 1.73 bits per heavy atom. The van der Waals surface area contributed by atoms with Gasteiger partial charge in [-0.25, -0.2) is 15.3 Å². The number of hydrazine groups is 1. The molecular weight excluding hydrogens is 144 g/mol. The zero-order chi connectivity index (χ0) is 7.84. The van der Waals surface area contributed by atoms with E-state index in [1.165, 1.54) is 0 Å². The fourth-order valence-corrected chi connectivity index (χ4v) is 0.937. The molecule has 58 valence electrons. The van der Waals surface area contributed by atoms with Crippen LogP contribution in [0.1, 0.15) is 5.69 Å². The van der Waals surface area contributed by atoms with Gasteiger partial charge in [0.25, 0.3) is 5.78 Å². The molecule has 0 amide bonds. The number of aromatic nitrogens is 4. The maximum atomic E-state index is 5.14. The van der Waals surface area contributed by atoms with Gasteiger partial charge in [-0.3, -0.25) is 10.5 Å². The number of aryl methyl sites for hydroxylation is 1. The van der Waals surface area contributed by atoms with Crippen LogP contribution in [-0.2, 0) is 0 Å². The van der Waals surface area contributed by atoms with Gasteiger partial charge in [-0.1, -0.05) is 0 Å². The summed E-state index contributed by atoms with van der Waals surface area (Å²) in [5.74, 6) is 6.27. The Morgan fingerprint density at radius 2 is 2.55 bits per heavy atom. The molecule has 2 aromatic rings. The van der Waals surface area contributed by atoms with Crippen molar-refractivity contribution in [2.24, 2.45) is 5.84 Å². The first-order valence-corrected chi connectivity index (χ1v) is 3.18. The van der Waals surface area contributed by atoms with E-state index in [0.29, 0.717) is 11.7 Å². The number of nitrogen functional groups attached to an aromatic ring is 1. The van der Waals surface area contributed by atoms with Crippen molar-refractivity contribution in [1.29, 1.82) is 0 Å². The maximum Gasteiger partial charge on any atom is 0.252 e. The van der Waals surface area contributed by atoms with E-state index < -0.39 is 0 Å². The Kier molecular flexibility index (Phi) is 1.10. The van der Waals surface area contributed by atoms with E-state index >= 15 is 0 Å². The van der Waals surface area contributed by atoms with Gasteiger partial charge >= 0.3 is 0 Å². The number of anilines is 1. The minimum Gasteiger partial charge on any atom is -0.293 e.